The first-order valence-electron chi connectivity index (χ1n) is 5.96. The molecule has 1 rings (SSSR count). The van der Waals surface area contributed by atoms with Crippen LogP contribution in [0.4, 0.5) is 0 Å². The maximum absolute atomic E-state index is 11.1. The summed E-state index contributed by atoms with van der Waals surface area (Å²) in [7, 11) is 0. The van der Waals surface area contributed by atoms with Crippen molar-refractivity contribution in [3.63, 3.8) is 0 Å². The Morgan fingerprint density at radius 3 is 2.40 bits per heavy atom. The van der Waals surface area contributed by atoms with E-state index in [4.69, 9.17) is 0 Å². The zero-order valence-electron chi connectivity index (χ0n) is 9.88. The number of carbonyl (C=O) groups is 1. The van der Waals surface area contributed by atoms with Gasteiger partial charge >= 0.3 is 0 Å². The highest BCUT2D eigenvalue weighted by atomic mass is 32.2. The Balaban J connectivity index is 2.35. The van der Waals surface area contributed by atoms with Gasteiger partial charge in [-0.1, -0.05) is 26.2 Å². The van der Waals surface area contributed by atoms with Crippen LogP contribution in [0, 0.1) is 0 Å². The maximum atomic E-state index is 11.1. The summed E-state index contributed by atoms with van der Waals surface area (Å²) in [6, 6.07) is 0. The lowest BCUT2D eigenvalue weighted by Crippen LogP contribution is -2.18. The lowest BCUT2D eigenvalue weighted by atomic mass is 10.1. The molecule has 0 unspecified atom stereocenters. The molecule has 0 aromatic carbocycles. The fraction of sp³-hybridized carbons (Fsp3) is 0.917. The molecule has 1 heterocycles. The third-order valence-corrected chi connectivity index (χ3v) is 6.48. The van der Waals surface area contributed by atoms with E-state index in [-0.39, 0.29) is 0 Å². The van der Waals surface area contributed by atoms with Gasteiger partial charge in [0.1, 0.15) is 5.78 Å². The van der Waals surface area contributed by atoms with Crippen molar-refractivity contribution < 1.29 is 4.79 Å². The molecule has 0 saturated carbocycles. The Kier molecular flexibility index (Phi) is 6.13. The molecule has 0 bridgehead atoms. The van der Waals surface area contributed by atoms with Crippen LogP contribution in [0.3, 0.4) is 0 Å². The standard InChI is InChI=1S/C12H22OS2/c1-3-4-5-7-12(8-6-11(2)13)14-9-10-15-12/h3-10H2,1-2H3. The molecule has 15 heavy (non-hydrogen) atoms. The van der Waals surface area contributed by atoms with Gasteiger partial charge in [0.2, 0.25) is 0 Å². The molecule has 88 valence electrons. The predicted molar refractivity (Wildman–Crippen MR) is 71.7 cm³/mol. The van der Waals surface area contributed by atoms with Gasteiger partial charge in [0.05, 0.1) is 4.08 Å². The molecular weight excluding hydrogens is 224 g/mol. The highest BCUT2D eigenvalue weighted by Gasteiger charge is 2.34. The predicted octanol–water partition coefficient (Wildman–Crippen LogP) is 4.11. The second-order valence-electron chi connectivity index (χ2n) is 4.27. The molecule has 0 radical (unpaired) electrons. The smallest absolute Gasteiger partial charge is 0.129 e. The van der Waals surface area contributed by atoms with Crippen LogP contribution in [-0.4, -0.2) is 21.4 Å². The summed E-state index contributed by atoms with van der Waals surface area (Å²) in [6.45, 7) is 3.96. The molecule has 0 aromatic rings. The van der Waals surface area contributed by atoms with Crippen molar-refractivity contribution >= 4 is 29.3 Å². The summed E-state index contributed by atoms with van der Waals surface area (Å²) in [4.78, 5) is 11.1. The monoisotopic (exact) mass is 246 g/mol. The van der Waals surface area contributed by atoms with Crippen LogP contribution >= 0.6 is 23.5 Å². The second-order valence-corrected chi connectivity index (χ2v) is 7.48. The van der Waals surface area contributed by atoms with Crippen LogP contribution < -0.4 is 0 Å². The molecule has 0 amide bonds. The maximum Gasteiger partial charge on any atom is 0.129 e. The summed E-state index contributed by atoms with van der Waals surface area (Å²) in [5, 5.41) is 0. The van der Waals surface area contributed by atoms with Gasteiger partial charge in [-0.3, -0.25) is 0 Å². The van der Waals surface area contributed by atoms with E-state index in [9.17, 15) is 4.79 Å². The average molecular weight is 246 g/mol. The number of unbranched alkanes of at least 4 members (excludes halogenated alkanes) is 2. The highest BCUT2D eigenvalue weighted by molar-refractivity contribution is 8.21. The van der Waals surface area contributed by atoms with Gasteiger partial charge < -0.3 is 4.79 Å². The Morgan fingerprint density at radius 1 is 1.20 bits per heavy atom. The third-order valence-electron chi connectivity index (χ3n) is 2.83. The van der Waals surface area contributed by atoms with Crippen molar-refractivity contribution in [3.05, 3.63) is 0 Å². The SMILES string of the molecule is CCCCCC1(CCC(C)=O)SCCS1. The highest BCUT2D eigenvalue weighted by Crippen LogP contribution is 2.50. The quantitative estimate of drug-likeness (QED) is 0.629. The van der Waals surface area contributed by atoms with E-state index < -0.39 is 0 Å². The van der Waals surface area contributed by atoms with Crippen molar-refractivity contribution in [2.45, 2.75) is 56.5 Å². The first kappa shape index (κ1) is 13.4. The minimum absolute atomic E-state index is 0.345. The Labute approximate surface area is 102 Å². The molecule has 1 nitrogen and oxygen atoms in total. The molecule has 1 aliphatic rings. The number of ketones is 1. The van der Waals surface area contributed by atoms with E-state index in [1.807, 2.05) is 0 Å². The average Bonchev–Trinajstić information content (AvgIpc) is 2.65. The normalized spacial score (nSPS) is 19.3. The Hall–Kier alpha value is 0.370. The topological polar surface area (TPSA) is 17.1 Å². The van der Waals surface area contributed by atoms with Crippen molar-refractivity contribution in [2.24, 2.45) is 0 Å². The zero-order valence-corrected chi connectivity index (χ0v) is 11.5. The number of rotatable bonds is 7. The minimum atomic E-state index is 0.345. The van der Waals surface area contributed by atoms with E-state index in [0.717, 1.165) is 12.8 Å². The number of hydrogen-bond donors (Lipinski definition) is 0. The van der Waals surface area contributed by atoms with Crippen LogP contribution in [0.25, 0.3) is 0 Å². The molecule has 0 N–H and O–H groups in total. The fourth-order valence-electron chi connectivity index (χ4n) is 1.92. The van der Waals surface area contributed by atoms with Gasteiger partial charge in [0.15, 0.2) is 0 Å². The second kappa shape index (κ2) is 6.85. The lowest BCUT2D eigenvalue weighted by Gasteiger charge is -2.26. The Morgan fingerprint density at radius 2 is 1.87 bits per heavy atom. The van der Waals surface area contributed by atoms with Crippen LogP contribution in [0.15, 0.2) is 0 Å². The van der Waals surface area contributed by atoms with Crippen LogP contribution in [0.2, 0.25) is 0 Å². The van der Waals surface area contributed by atoms with Crippen LogP contribution in [0.5, 0.6) is 0 Å². The minimum Gasteiger partial charge on any atom is -0.300 e. The van der Waals surface area contributed by atoms with E-state index in [1.54, 1.807) is 6.92 Å². The molecule has 0 spiro atoms. The van der Waals surface area contributed by atoms with Gasteiger partial charge in [0, 0.05) is 17.9 Å². The van der Waals surface area contributed by atoms with Crippen LogP contribution in [-0.2, 0) is 4.79 Å². The molecule has 0 aliphatic carbocycles. The van der Waals surface area contributed by atoms with Gasteiger partial charge in [-0.05, 0) is 19.8 Å². The van der Waals surface area contributed by atoms with Crippen molar-refractivity contribution in [2.75, 3.05) is 11.5 Å². The van der Waals surface area contributed by atoms with Crippen molar-refractivity contribution in [1.82, 2.24) is 0 Å². The molecule has 1 aliphatic heterocycles. The molecule has 1 saturated heterocycles. The molecule has 0 atom stereocenters. The van der Waals surface area contributed by atoms with E-state index in [2.05, 4.69) is 30.4 Å². The van der Waals surface area contributed by atoms with Crippen molar-refractivity contribution in [3.8, 4) is 0 Å². The molecule has 3 heteroatoms. The third kappa shape index (κ3) is 4.81. The van der Waals surface area contributed by atoms with Gasteiger partial charge in [-0.25, -0.2) is 0 Å². The fourth-order valence-corrected chi connectivity index (χ4v) is 5.24. The Bertz CT molecular complexity index is 198. The number of carbonyl (C=O) groups excluding carboxylic acids is 1. The van der Waals surface area contributed by atoms with Gasteiger partial charge in [0.25, 0.3) is 0 Å². The number of thioether (sulfide) groups is 2. The van der Waals surface area contributed by atoms with Crippen molar-refractivity contribution in [1.29, 1.82) is 0 Å². The van der Waals surface area contributed by atoms with Crippen LogP contribution in [0.1, 0.15) is 52.4 Å². The van der Waals surface area contributed by atoms with E-state index >= 15 is 0 Å². The summed E-state index contributed by atoms with van der Waals surface area (Å²) in [6.07, 6.45) is 7.10. The largest absolute Gasteiger partial charge is 0.300 e. The number of Topliss-reactive ketones (excluding diaryl/α,β-unsaturated/α-hetero) is 1. The summed E-state index contributed by atoms with van der Waals surface area (Å²) in [5.74, 6) is 2.89. The van der Waals surface area contributed by atoms with E-state index in [0.29, 0.717) is 9.86 Å². The zero-order chi connectivity index (χ0) is 11.1. The molecular formula is C12H22OS2. The number of hydrogen-bond acceptors (Lipinski definition) is 3. The molecule has 0 aromatic heterocycles. The van der Waals surface area contributed by atoms with E-state index in [1.165, 1.54) is 37.2 Å². The first-order valence-corrected chi connectivity index (χ1v) is 7.93. The van der Waals surface area contributed by atoms with Gasteiger partial charge in [-0.2, -0.15) is 0 Å². The van der Waals surface area contributed by atoms with Gasteiger partial charge in [-0.15, -0.1) is 23.5 Å². The summed E-state index contributed by atoms with van der Waals surface area (Å²) >= 11 is 4.19. The molecule has 1 fully saturated rings. The summed E-state index contributed by atoms with van der Waals surface area (Å²) in [5.41, 5.74) is 0. The summed E-state index contributed by atoms with van der Waals surface area (Å²) < 4.78 is 0.390. The first-order chi connectivity index (χ1) is 7.18. The lowest BCUT2D eigenvalue weighted by molar-refractivity contribution is -0.117.